The van der Waals surface area contributed by atoms with Gasteiger partial charge in [-0.2, -0.15) is 0 Å². The molecule has 0 amide bonds. The van der Waals surface area contributed by atoms with Crippen LogP contribution in [-0.4, -0.2) is 22.5 Å². The average Bonchev–Trinajstić information content (AvgIpc) is 3.01. The first-order chi connectivity index (χ1) is 12.2. The number of aromatic nitrogens is 1. The Balaban J connectivity index is 1.57. The molecule has 4 rings (SSSR count). The van der Waals surface area contributed by atoms with Gasteiger partial charge < -0.3 is 0 Å². The quantitative estimate of drug-likeness (QED) is 0.684. The molecule has 2 nitrogen and oxygen atoms in total. The summed E-state index contributed by atoms with van der Waals surface area (Å²) in [6.45, 7) is 1.65. The van der Waals surface area contributed by atoms with E-state index in [9.17, 15) is 8.78 Å². The molecule has 0 aliphatic carbocycles. The second-order valence-electron chi connectivity index (χ2n) is 6.74. The van der Waals surface area contributed by atoms with Crippen molar-refractivity contribution in [2.45, 2.75) is 31.8 Å². The highest BCUT2D eigenvalue weighted by Crippen LogP contribution is 2.26. The fraction of sp³-hybridized carbons (Fsp3) is 0.286. The van der Waals surface area contributed by atoms with Crippen LogP contribution in [0.4, 0.5) is 8.78 Å². The number of halogens is 2. The number of likely N-dealkylation sites (tertiary alicyclic amines) is 1. The van der Waals surface area contributed by atoms with Gasteiger partial charge in [-0.3, -0.25) is 9.88 Å². The molecule has 1 saturated heterocycles. The van der Waals surface area contributed by atoms with Gasteiger partial charge in [-0.05, 0) is 67.3 Å². The van der Waals surface area contributed by atoms with Gasteiger partial charge in [0.1, 0.15) is 11.6 Å². The first kappa shape index (κ1) is 16.2. The van der Waals surface area contributed by atoms with Gasteiger partial charge in [-0.15, -0.1) is 0 Å². The van der Waals surface area contributed by atoms with E-state index < -0.39 is 0 Å². The van der Waals surface area contributed by atoms with Gasteiger partial charge in [-0.1, -0.05) is 18.2 Å². The number of benzene rings is 2. The van der Waals surface area contributed by atoms with E-state index in [0.29, 0.717) is 12.6 Å². The topological polar surface area (TPSA) is 16.1 Å². The molecule has 0 radical (unpaired) electrons. The van der Waals surface area contributed by atoms with Crippen LogP contribution in [0.1, 0.15) is 24.0 Å². The second kappa shape index (κ2) is 6.89. The standard InChI is InChI=1S/C21H20F2N2/c22-18-6-1-4-15(10-18)11-20-7-3-9-25(20)14-17-13-19(23)12-16-5-2-8-24-21(16)17/h1-2,4-6,8,10,12-13,20H,3,7,9,11,14H2/t20-/m1/s1. The molecule has 128 valence electrons. The fourth-order valence-corrected chi connectivity index (χ4v) is 3.84. The van der Waals surface area contributed by atoms with Crippen LogP contribution in [-0.2, 0) is 13.0 Å². The van der Waals surface area contributed by atoms with Crippen LogP contribution in [0.2, 0.25) is 0 Å². The zero-order valence-electron chi connectivity index (χ0n) is 14.0. The lowest BCUT2D eigenvalue weighted by molar-refractivity contribution is 0.244. The Labute approximate surface area is 146 Å². The summed E-state index contributed by atoms with van der Waals surface area (Å²) in [5.74, 6) is -0.418. The molecule has 0 spiro atoms. The Bertz CT molecular complexity index is 894. The van der Waals surface area contributed by atoms with Crippen molar-refractivity contribution < 1.29 is 8.78 Å². The smallest absolute Gasteiger partial charge is 0.124 e. The zero-order valence-corrected chi connectivity index (χ0v) is 14.0. The van der Waals surface area contributed by atoms with Crippen molar-refractivity contribution in [2.75, 3.05) is 6.54 Å². The molecule has 2 heterocycles. The number of hydrogen-bond acceptors (Lipinski definition) is 2. The molecule has 0 saturated carbocycles. The van der Waals surface area contributed by atoms with E-state index in [1.165, 1.54) is 12.1 Å². The average molecular weight is 338 g/mol. The minimum absolute atomic E-state index is 0.192. The summed E-state index contributed by atoms with van der Waals surface area (Å²) in [5.41, 5.74) is 2.79. The largest absolute Gasteiger partial charge is 0.296 e. The van der Waals surface area contributed by atoms with Crippen LogP contribution >= 0.6 is 0 Å². The van der Waals surface area contributed by atoms with Gasteiger partial charge in [0, 0.05) is 24.2 Å². The van der Waals surface area contributed by atoms with Crippen LogP contribution in [0.3, 0.4) is 0 Å². The van der Waals surface area contributed by atoms with E-state index >= 15 is 0 Å². The van der Waals surface area contributed by atoms with Crippen LogP contribution in [0.5, 0.6) is 0 Å². The molecule has 3 aromatic rings. The van der Waals surface area contributed by atoms with E-state index in [2.05, 4.69) is 9.88 Å². The number of fused-ring (bicyclic) bond motifs is 1. The van der Waals surface area contributed by atoms with Crippen molar-refractivity contribution in [3.63, 3.8) is 0 Å². The predicted molar refractivity (Wildman–Crippen MR) is 95.2 cm³/mol. The summed E-state index contributed by atoms with van der Waals surface area (Å²) in [6, 6.07) is 14.0. The first-order valence-corrected chi connectivity index (χ1v) is 8.71. The number of nitrogens with zero attached hydrogens (tertiary/aromatic N) is 2. The third kappa shape index (κ3) is 3.54. The van der Waals surface area contributed by atoms with Crippen molar-refractivity contribution in [3.05, 3.63) is 77.5 Å². The highest BCUT2D eigenvalue weighted by Gasteiger charge is 2.25. The van der Waals surface area contributed by atoms with Gasteiger partial charge in [0.15, 0.2) is 0 Å². The predicted octanol–water partition coefficient (Wildman–Crippen LogP) is 4.72. The lowest BCUT2D eigenvalue weighted by atomic mass is 10.0. The molecule has 2 aromatic carbocycles. The van der Waals surface area contributed by atoms with Crippen LogP contribution in [0, 0.1) is 11.6 Å². The second-order valence-corrected chi connectivity index (χ2v) is 6.74. The van der Waals surface area contributed by atoms with Gasteiger partial charge in [-0.25, -0.2) is 8.78 Å². The number of rotatable bonds is 4. The molecular weight excluding hydrogens is 318 g/mol. The maximum absolute atomic E-state index is 14.0. The lowest BCUT2D eigenvalue weighted by Gasteiger charge is -2.25. The van der Waals surface area contributed by atoms with E-state index in [1.54, 1.807) is 24.4 Å². The van der Waals surface area contributed by atoms with E-state index in [4.69, 9.17) is 0 Å². The van der Waals surface area contributed by atoms with Crippen molar-refractivity contribution in [3.8, 4) is 0 Å². The molecule has 0 unspecified atom stereocenters. The minimum Gasteiger partial charge on any atom is -0.296 e. The highest BCUT2D eigenvalue weighted by atomic mass is 19.1. The molecule has 1 aliphatic heterocycles. The zero-order chi connectivity index (χ0) is 17.2. The van der Waals surface area contributed by atoms with Crippen molar-refractivity contribution in [1.29, 1.82) is 0 Å². The maximum atomic E-state index is 14.0. The molecule has 1 aromatic heterocycles. The van der Waals surface area contributed by atoms with Gasteiger partial charge in [0.2, 0.25) is 0 Å². The summed E-state index contributed by atoms with van der Waals surface area (Å²) in [7, 11) is 0. The Morgan fingerprint density at radius 2 is 1.96 bits per heavy atom. The fourth-order valence-electron chi connectivity index (χ4n) is 3.84. The molecule has 0 N–H and O–H groups in total. The summed E-state index contributed by atoms with van der Waals surface area (Å²) in [4.78, 5) is 6.81. The Morgan fingerprint density at radius 3 is 2.84 bits per heavy atom. The molecule has 1 aliphatic rings. The summed E-state index contributed by atoms with van der Waals surface area (Å²) in [5, 5.41) is 0.832. The van der Waals surface area contributed by atoms with Crippen LogP contribution in [0.15, 0.2) is 54.7 Å². The van der Waals surface area contributed by atoms with Crippen molar-refractivity contribution in [2.24, 2.45) is 0 Å². The number of pyridine rings is 1. The molecule has 4 heteroatoms. The van der Waals surface area contributed by atoms with E-state index in [0.717, 1.165) is 47.8 Å². The Kier molecular flexibility index (Phi) is 4.45. The summed E-state index contributed by atoms with van der Waals surface area (Å²) < 4.78 is 27.4. The molecule has 1 fully saturated rings. The molecular formula is C21H20F2N2. The molecule has 0 bridgehead atoms. The maximum Gasteiger partial charge on any atom is 0.124 e. The lowest BCUT2D eigenvalue weighted by Crippen LogP contribution is -2.30. The van der Waals surface area contributed by atoms with Crippen LogP contribution < -0.4 is 0 Å². The monoisotopic (exact) mass is 338 g/mol. The Hall–Kier alpha value is -2.33. The third-order valence-corrected chi connectivity index (χ3v) is 4.98. The van der Waals surface area contributed by atoms with E-state index in [1.807, 2.05) is 18.2 Å². The van der Waals surface area contributed by atoms with Crippen molar-refractivity contribution in [1.82, 2.24) is 9.88 Å². The van der Waals surface area contributed by atoms with Gasteiger partial charge >= 0.3 is 0 Å². The normalized spacial score (nSPS) is 18.1. The number of hydrogen-bond donors (Lipinski definition) is 0. The Morgan fingerprint density at radius 1 is 1.04 bits per heavy atom. The van der Waals surface area contributed by atoms with Crippen molar-refractivity contribution >= 4 is 10.9 Å². The first-order valence-electron chi connectivity index (χ1n) is 8.71. The third-order valence-electron chi connectivity index (χ3n) is 4.98. The SMILES string of the molecule is Fc1cccc(C[C@H]2CCCN2Cc2cc(F)cc3cccnc23)c1. The van der Waals surface area contributed by atoms with Crippen LogP contribution in [0.25, 0.3) is 10.9 Å². The van der Waals surface area contributed by atoms with Gasteiger partial charge in [0.25, 0.3) is 0 Å². The van der Waals surface area contributed by atoms with Gasteiger partial charge in [0.05, 0.1) is 5.52 Å². The van der Waals surface area contributed by atoms with E-state index in [-0.39, 0.29) is 11.6 Å². The minimum atomic E-state index is -0.226. The molecule has 25 heavy (non-hydrogen) atoms. The summed E-state index contributed by atoms with van der Waals surface area (Å²) >= 11 is 0. The highest BCUT2D eigenvalue weighted by molar-refractivity contribution is 5.81. The molecule has 1 atom stereocenters. The summed E-state index contributed by atoms with van der Waals surface area (Å²) in [6.07, 6.45) is 4.76.